The van der Waals surface area contributed by atoms with E-state index in [2.05, 4.69) is 33.9 Å². The molecular formula is C13H20N4O2. The highest BCUT2D eigenvalue weighted by Crippen LogP contribution is 2.21. The first-order chi connectivity index (χ1) is 9.06. The fraction of sp³-hybridized carbons (Fsp3) is 0.615. The molecule has 1 aliphatic heterocycles. The molecule has 1 fully saturated rings. The van der Waals surface area contributed by atoms with Crippen LogP contribution in [-0.4, -0.2) is 59.7 Å². The van der Waals surface area contributed by atoms with Gasteiger partial charge in [-0.25, -0.2) is 14.8 Å². The molecule has 0 spiro atoms. The number of rotatable bonds is 4. The average molecular weight is 264 g/mol. The molecule has 2 heterocycles. The molecule has 1 aliphatic rings. The number of aromatic nitrogens is 2. The zero-order valence-corrected chi connectivity index (χ0v) is 11.4. The number of piperidine rings is 1. The first kappa shape index (κ1) is 13.7. The summed E-state index contributed by atoms with van der Waals surface area (Å²) in [7, 11) is 4.18. The Morgan fingerprint density at radius 2 is 2.16 bits per heavy atom. The number of nitrogens with zero attached hydrogens (tertiary/aromatic N) is 4. The standard InChI is InChI=1S/C13H20N4O2/c1-16(2)9-10-4-7-17(8-5-10)13-14-6-3-11(15-13)12(18)19/h3,6,10H,4-5,7-9H2,1-2H3,(H,18,19). The molecule has 1 N–H and O–H groups in total. The largest absolute Gasteiger partial charge is 0.477 e. The molecule has 0 aliphatic carbocycles. The third-order valence-electron chi connectivity index (χ3n) is 3.38. The first-order valence-corrected chi connectivity index (χ1v) is 6.52. The molecule has 6 nitrogen and oxygen atoms in total. The second-order valence-electron chi connectivity index (χ2n) is 5.24. The Hall–Kier alpha value is -1.69. The lowest BCUT2D eigenvalue weighted by atomic mass is 9.97. The van der Waals surface area contributed by atoms with Crippen LogP contribution in [0.2, 0.25) is 0 Å². The van der Waals surface area contributed by atoms with E-state index in [1.807, 2.05) is 0 Å². The summed E-state index contributed by atoms with van der Waals surface area (Å²) in [6.45, 7) is 2.88. The van der Waals surface area contributed by atoms with Crippen molar-refractivity contribution in [1.82, 2.24) is 14.9 Å². The summed E-state index contributed by atoms with van der Waals surface area (Å²) in [5.74, 6) is 0.225. The molecule has 0 radical (unpaired) electrons. The van der Waals surface area contributed by atoms with E-state index in [0.29, 0.717) is 11.9 Å². The van der Waals surface area contributed by atoms with Gasteiger partial charge in [0.1, 0.15) is 0 Å². The van der Waals surface area contributed by atoms with Crippen LogP contribution < -0.4 is 4.90 Å². The highest BCUT2D eigenvalue weighted by Gasteiger charge is 2.21. The van der Waals surface area contributed by atoms with E-state index < -0.39 is 5.97 Å². The van der Waals surface area contributed by atoms with Crippen LogP contribution in [0.15, 0.2) is 12.3 Å². The molecule has 2 rings (SSSR count). The van der Waals surface area contributed by atoms with E-state index in [-0.39, 0.29) is 5.69 Å². The maximum atomic E-state index is 10.9. The molecule has 104 valence electrons. The lowest BCUT2D eigenvalue weighted by molar-refractivity contribution is 0.0690. The van der Waals surface area contributed by atoms with Gasteiger partial charge in [0.25, 0.3) is 0 Å². The normalized spacial score (nSPS) is 16.9. The summed E-state index contributed by atoms with van der Waals surface area (Å²) in [5, 5.41) is 8.93. The van der Waals surface area contributed by atoms with Gasteiger partial charge >= 0.3 is 5.97 Å². The Kier molecular flexibility index (Phi) is 4.31. The molecule has 0 amide bonds. The van der Waals surface area contributed by atoms with Gasteiger partial charge in [0.05, 0.1) is 0 Å². The van der Waals surface area contributed by atoms with E-state index in [4.69, 9.17) is 5.11 Å². The minimum atomic E-state index is -1.01. The Morgan fingerprint density at radius 1 is 1.47 bits per heavy atom. The van der Waals surface area contributed by atoms with Crippen molar-refractivity contribution in [3.05, 3.63) is 18.0 Å². The predicted molar refractivity (Wildman–Crippen MR) is 72.5 cm³/mol. The predicted octanol–water partition coefficient (Wildman–Crippen LogP) is 0.953. The Balaban J connectivity index is 1.97. The van der Waals surface area contributed by atoms with Gasteiger partial charge in [0.2, 0.25) is 5.95 Å². The molecule has 1 aromatic heterocycles. The molecule has 1 saturated heterocycles. The van der Waals surface area contributed by atoms with Crippen molar-refractivity contribution in [2.45, 2.75) is 12.8 Å². The van der Waals surface area contributed by atoms with Gasteiger partial charge in [-0.05, 0) is 38.9 Å². The summed E-state index contributed by atoms with van der Waals surface area (Å²) >= 11 is 0. The monoisotopic (exact) mass is 264 g/mol. The fourth-order valence-electron chi connectivity index (χ4n) is 2.45. The number of carbonyl (C=O) groups is 1. The molecule has 1 aromatic rings. The van der Waals surface area contributed by atoms with Gasteiger partial charge in [-0.15, -0.1) is 0 Å². The van der Waals surface area contributed by atoms with E-state index in [1.54, 1.807) is 0 Å². The lowest BCUT2D eigenvalue weighted by Gasteiger charge is -2.33. The van der Waals surface area contributed by atoms with Crippen molar-refractivity contribution in [3.63, 3.8) is 0 Å². The van der Waals surface area contributed by atoms with Crippen molar-refractivity contribution in [3.8, 4) is 0 Å². The summed E-state index contributed by atoms with van der Waals surface area (Å²) in [5.41, 5.74) is 0.0559. The third kappa shape index (κ3) is 3.64. The van der Waals surface area contributed by atoms with Crippen LogP contribution in [0.1, 0.15) is 23.3 Å². The Morgan fingerprint density at radius 3 is 2.74 bits per heavy atom. The SMILES string of the molecule is CN(C)CC1CCN(c2nccc(C(=O)O)n2)CC1. The van der Waals surface area contributed by atoms with Crippen LogP contribution in [0.25, 0.3) is 0 Å². The molecule has 0 bridgehead atoms. The first-order valence-electron chi connectivity index (χ1n) is 6.52. The second kappa shape index (κ2) is 5.97. The van der Waals surface area contributed by atoms with Gasteiger partial charge in [0, 0.05) is 25.8 Å². The van der Waals surface area contributed by atoms with Gasteiger partial charge in [-0.2, -0.15) is 0 Å². The minimum absolute atomic E-state index is 0.0559. The quantitative estimate of drug-likeness (QED) is 0.873. The summed E-state index contributed by atoms with van der Waals surface area (Å²) in [6.07, 6.45) is 3.70. The van der Waals surface area contributed by atoms with Crippen LogP contribution in [0.3, 0.4) is 0 Å². The van der Waals surface area contributed by atoms with Crippen molar-refractivity contribution < 1.29 is 9.90 Å². The molecule has 19 heavy (non-hydrogen) atoms. The van der Waals surface area contributed by atoms with Crippen LogP contribution in [0.5, 0.6) is 0 Å². The number of hydrogen-bond acceptors (Lipinski definition) is 5. The van der Waals surface area contributed by atoms with Gasteiger partial charge in [0.15, 0.2) is 5.69 Å². The highest BCUT2D eigenvalue weighted by atomic mass is 16.4. The molecule has 0 aromatic carbocycles. The smallest absolute Gasteiger partial charge is 0.354 e. The van der Waals surface area contributed by atoms with E-state index in [1.165, 1.54) is 12.3 Å². The number of anilines is 1. The highest BCUT2D eigenvalue weighted by molar-refractivity contribution is 5.85. The molecular weight excluding hydrogens is 244 g/mol. The maximum Gasteiger partial charge on any atom is 0.354 e. The number of aromatic carboxylic acids is 1. The van der Waals surface area contributed by atoms with Crippen LogP contribution in [0.4, 0.5) is 5.95 Å². The molecule has 0 atom stereocenters. The van der Waals surface area contributed by atoms with E-state index in [9.17, 15) is 4.79 Å². The summed E-state index contributed by atoms with van der Waals surface area (Å²) < 4.78 is 0. The van der Waals surface area contributed by atoms with Gasteiger partial charge in [-0.3, -0.25) is 0 Å². The van der Waals surface area contributed by atoms with Gasteiger partial charge in [-0.1, -0.05) is 0 Å². The van der Waals surface area contributed by atoms with Crippen LogP contribution in [-0.2, 0) is 0 Å². The topological polar surface area (TPSA) is 69.6 Å². The van der Waals surface area contributed by atoms with Crippen molar-refractivity contribution >= 4 is 11.9 Å². The molecule has 0 unspecified atom stereocenters. The minimum Gasteiger partial charge on any atom is -0.477 e. The third-order valence-corrected chi connectivity index (χ3v) is 3.38. The molecule has 0 saturated carbocycles. The Labute approximate surface area is 113 Å². The van der Waals surface area contributed by atoms with Crippen molar-refractivity contribution in [2.24, 2.45) is 5.92 Å². The van der Waals surface area contributed by atoms with Crippen LogP contribution in [0, 0.1) is 5.92 Å². The fourth-order valence-corrected chi connectivity index (χ4v) is 2.45. The average Bonchev–Trinajstić information content (AvgIpc) is 2.39. The van der Waals surface area contributed by atoms with E-state index >= 15 is 0 Å². The zero-order valence-electron chi connectivity index (χ0n) is 11.4. The van der Waals surface area contributed by atoms with E-state index in [0.717, 1.165) is 32.5 Å². The number of carboxylic acid groups (broad SMARTS) is 1. The van der Waals surface area contributed by atoms with Gasteiger partial charge < -0.3 is 14.9 Å². The van der Waals surface area contributed by atoms with Crippen molar-refractivity contribution in [2.75, 3.05) is 38.6 Å². The zero-order chi connectivity index (χ0) is 13.8. The summed E-state index contributed by atoms with van der Waals surface area (Å²) in [6, 6.07) is 1.42. The summed E-state index contributed by atoms with van der Waals surface area (Å²) in [4.78, 5) is 23.4. The van der Waals surface area contributed by atoms with Crippen molar-refractivity contribution in [1.29, 1.82) is 0 Å². The maximum absolute atomic E-state index is 10.9. The molecule has 6 heteroatoms. The number of carboxylic acids is 1. The second-order valence-corrected chi connectivity index (χ2v) is 5.24. The Bertz CT molecular complexity index is 442. The lowest BCUT2D eigenvalue weighted by Crippen LogP contribution is -2.38. The van der Waals surface area contributed by atoms with Crippen LogP contribution >= 0.6 is 0 Å². The number of hydrogen-bond donors (Lipinski definition) is 1.